The molecule has 0 radical (unpaired) electrons. The molecule has 0 aliphatic rings. The Morgan fingerprint density at radius 3 is 2.65 bits per heavy atom. The Morgan fingerprint density at radius 2 is 2.00 bits per heavy atom. The van der Waals surface area contributed by atoms with Crippen molar-refractivity contribution in [1.82, 2.24) is 0 Å². The van der Waals surface area contributed by atoms with Crippen LogP contribution in [0.4, 0.5) is 0 Å². The molecule has 0 spiro atoms. The second-order valence-corrected chi connectivity index (χ2v) is 6.14. The van der Waals surface area contributed by atoms with Gasteiger partial charge in [0.2, 0.25) is 5.78 Å². The molecule has 1 N–H and O–H groups in total. The standard InChI is InChI=1S/C19H13Cl2NO4/c1-11(23)18(24)8-19(25)12-3-2-4-15(6-12)26-10-13-5-14(20)7-17(21)16(13)9-22/h2-8,25H,10H2,1H3/b19-8-. The Hall–Kier alpha value is -2.81. The third-order valence-corrected chi connectivity index (χ3v) is 3.90. The van der Waals surface area contributed by atoms with E-state index in [1.165, 1.54) is 12.1 Å². The van der Waals surface area contributed by atoms with Crippen molar-refractivity contribution in [2.75, 3.05) is 0 Å². The zero-order valence-corrected chi connectivity index (χ0v) is 15.1. The summed E-state index contributed by atoms with van der Waals surface area (Å²) in [6.07, 6.45) is 0.853. The molecule has 0 saturated heterocycles. The fraction of sp³-hybridized carbons (Fsp3) is 0.105. The van der Waals surface area contributed by atoms with E-state index in [-0.39, 0.29) is 23.0 Å². The molecule has 0 aliphatic heterocycles. The first-order valence-electron chi connectivity index (χ1n) is 7.38. The van der Waals surface area contributed by atoms with Crippen molar-refractivity contribution in [3.05, 3.63) is 69.2 Å². The smallest absolute Gasteiger partial charge is 0.224 e. The number of Topliss-reactive ketones (excluding diaryl/α,β-unsaturated/α-hetero) is 1. The molecule has 0 saturated carbocycles. The summed E-state index contributed by atoms with van der Waals surface area (Å²) >= 11 is 11.9. The number of aliphatic hydroxyl groups excluding tert-OH is 1. The molecule has 0 aromatic heterocycles. The van der Waals surface area contributed by atoms with Crippen LogP contribution in [0, 0.1) is 11.3 Å². The summed E-state index contributed by atoms with van der Waals surface area (Å²) in [4.78, 5) is 22.4. The van der Waals surface area contributed by atoms with Crippen molar-refractivity contribution in [2.45, 2.75) is 13.5 Å². The largest absolute Gasteiger partial charge is 0.507 e. The molecule has 0 unspecified atom stereocenters. The summed E-state index contributed by atoms with van der Waals surface area (Å²) < 4.78 is 5.63. The number of ether oxygens (including phenoxy) is 1. The predicted octanol–water partition coefficient (Wildman–Crippen LogP) is 4.50. The highest BCUT2D eigenvalue weighted by molar-refractivity contribution is 6.41. The van der Waals surface area contributed by atoms with Gasteiger partial charge in [0.1, 0.15) is 24.2 Å². The van der Waals surface area contributed by atoms with Gasteiger partial charge < -0.3 is 9.84 Å². The zero-order valence-electron chi connectivity index (χ0n) is 13.6. The Labute approximate surface area is 160 Å². The normalized spacial score (nSPS) is 10.9. The van der Waals surface area contributed by atoms with E-state index in [0.29, 0.717) is 21.9 Å². The maximum absolute atomic E-state index is 11.4. The molecule has 0 heterocycles. The van der Waals surface area contributed by atoms with Gasteiger partial charge in [-0.3, -0.25) is 9.59 Å². The van der Waals surface area contributed by atoms with Gasteiger partial charge in [0.15, 0.2) is 5.78 Å². The van der Waals surface area contributed by atoms with E-state index in [2.05, 4.69) is 0 Å². The van der Waals surface area contributed by atoms with Gasteiger partial charge in [-0.05, 0) is 24.3 Å². The summed E-state index contributed by atoms with van der Waals surface area (Å²) in [5.74, 6) is -1.44. The molecule has 26 heavy (non-hydrogen) atoms. The number of ketones is 2. The van der Waals surface area contributed by atoms with E-state index in [1.54, 1.807) is 24.3 Å². The van der Waals surface area contributed by atoms with Gasteiger partial charge in [-0.1, -0.05) is 35.3 Å². The van der Waals surface area contributed by atoms with Crippen molar-refractivity contribution >= 4 is 40.5 Å². The van der Waals surface area contributed by atoms with Crippen LogP contribution >= 0.6 is 23.2 Å². The minimum atomic E-state index is -0.805. The van der Waals surface area contributed by atoms with Crippen LogP contribution in [0.2, 0.25) is 10.0 Å². The van der Waals surface area contributed by atoms with Crippen molar-refractivity contribution < 1.29 is 19.4 Å². The number of allylic oxidation sites excluding steroid dienone is 1. The average Bonchev–Trinajstić information content (AvgIpc) is 2.59. The summed E-state index contributed by atoms with van der Waals surface area (Å²) in [5.41, 5.74) is 1.09. The van der Waals surface area contributed by atoms with Crippen molar-refractivity contribution in [1.29, 1.82) is 5.26 Å². The predicted molar refractivity (Wildman–Crippen MR) is 98.2 cm³/mol. The number of halogens is 2. The van der Waals surface area contributed by atoms with Crippen LogP contribution in [0.3, 0.4) is 0 Å². The van der Waals surface area contributed by atoms with E-state index in [9.17, 15) is 20.0 Å². The number of hydrogen-bond donors (Lipinski definition) is 1. The molecule has 0 fully saturated rings. The lowest BCUT2D eigenvalue weighted by Gasteiger charge is -2.10. The minimum absolute atomic E-state index is 0.0312. The number of benzene rings is 2. The molecule has 5 nitrogen and oxygen atoms in total. The number of aliphatic hydroxyl groups is 1. The number of hydrogen-bond acceptors (Lipinski definition) is 5. The van der Waals surface area contributed by atoms with E-state index in [0.717, 1.165) is 13.0 Å². The first-order valence-corrected chi connectivity index (χ1v) is 8.14. The van der Waals surface area contributed by atoms with Crippen molar-refractivity contribution in [3.63, 3.8) is 0 Å². The van der Waals surface area contributed by atoms with Gasteiger partial charge >= 0.3 is 0 Å². The molecular weight excluding hydrogens is 377 g/mol. The third kappa shape index (κ3) is 4.85. The molecule has 0 amide bonds. The fourth-order valence-electron chi connectivity index (χ4n) is 2.08. The van der Waals surface area contributed by atoms with E-state index >= 15 is 0 Å². The Bertz CT molecular complexity index is 945. The number of carbonyl (C=O) groups excluding carboxylic acids is 2. The van der Waals surface area contributed by atoms with Gasteiger partial charge in [-0.2, -0.15) is 5.26 Å². The number of nitrogens with zero attached hydrogens (tertiary/aromatic N) is 1. The van der Waals surface area contributed by atoms with Crippen LogP contribution in [-0.4, -0.2) is 16.7 Å². The minimum Gasteiger partial charge on any atom is -0.507 e. The van der Waals surface area contributed by atoms with Gasteiger partial charge in [0.25, 0.3) is 0 Å². The molecule has 2 rings (SSSR count). The average molecular weight is 390 g/mol. The fourth-order valence-corrected chi connectivity index (χ4v) is 2.66. The van der Waals surface area contributed by atoms with E-state index in [1.807, 2.05) is 6.07 Å². The lowest BCUT2D eigenvalue weighted by molar-refractivity contribution is -0.132. The van der Waals surface area contributed by atoms with Gasteiger partial charge in [-0.15, -0.1) is 0 Å². The topological polar surface area (TPSA) is 87.4 Å². The highest BCUT2D eigenvalue weighted by Gasteiger charge is 2.11. The second-order valence-electron chi connectivity index (χ2n) is 5.30. The molecule has 132 valence electrons. The van der Waals surface area contributed by atoms with Crippen molar-refractivity contribution in [2.24, 2.45) is 0 Å². The molecular formula is C19H13Cl2NO4. The van der Waals surface area contributed by atoms with E-state index < -0.39 is 11.6 Å². The summed E-state index contributed by atoms with van der Waals surface area (Å²) in [7, 11) is 0. The van der Waals surface area contributed by atoms with Crippen LogP contribution < -0.4 is 4.74 Å². The molecule has 7 heteroatoms. The molecule has 0 atom stereocenters. The lowest BCUT2D eigenvalue weighted by atomic mass is 10.1. The number of rotatable bonds is 6. The summed E-state index contributed by atoms with van der Waals surface area (Å²) in [6.45, 7) is 1.15. The van der Waals surface area contributed by atoms with E-state index in [4.69, 9.17) is 27.9 Å². The van der Waals surface area contributed by atoms with Crippen LogP contribution in [0.1, 0.15) is 23.6 Å². The number of nitriles is 1. The quantitative estimate of drug-likeness (QED) is 0.446. The maximum Gasteiger partial charge on any atom is 0.224 e. The zero-order chi connectivity index (χ0) is 19.3. The molecule has 0 aliphatic carbocycles. The summed E-state index contributed by atoms with van der Waals surface area (Å²) in [5, 5.41) is 19.8. The first kappa shape index (κ1) is 19.5. The summed E-state index contributed by atoms with van der Waals surface area (Å²) in [6, 6.07) is 11.4. The van der Waals surface area contributed by atoms with Crippen LogP contribution in [-0.2, 0) is 16.2 Å². The van der Waals surface area contributed by atoms with Gasteiger partial charge in [0, 0.05) is 29.1 Å². The van der Waals surface area contributed by atoms with Gasteiger partial charge in [-0.25, -0.2) is 0 Å². The monoisotopic (exact) mass is 389 g/mol. The highest BCUT2D eigenvalue weighted by atomic mass is 35.5. The molecule has 0 bridgehead atoms. The highest BCUT2D eigenvalue weighted by Crippen LogP contribution is 2.26. The molecule has 2 aromatic carbocycles. The Balaban J connectivity index is 2.22. The molecule has 2 aromatic rings. The Morgan fingerprint density at radius 1 is 1.27 bits per heavy atom. The second kappa shape index (κ2) is 8.52. The SMILES string of the molecule is CC(=O)C(=O)/C=C(\O)c1cccc(OCc2cc(Cl)cc(Cl)c2C#N)c1. The van der Waals surface area contributed by atoms with Crippen molar-refractivity contribution in [3.8, 4) is 11.8 Å². The van der Waals surface area contributed by atoms with Crippen LogP contribution in [0.5, 0.6) is 5.75 Å². The number of carbonyl (C=O) groups is 2. The van der Waals surface area contributed by atoms with Crippen LogP contribution in [0.15, 0.2) is 42.5 Å². The lowest BCUT2D eigenvalue weighted by Crippen LogP contribution is -2.06. The maximum atomic E-state index is 11.4. The first-order chi connectivity index (χ1) is 12.3. The van der Waals surface area contributed by atoms with Crippen LogP contribution in [0.25, 0.3) is 5.76 Å². The Kier molecular flexibility index (Phi) is 6.40. The third-order valence-electron chi connectivity index (χ3n) is 3.39. The van der Waals surface area contributed by atoms with Gasteiger partial charge in [0.05, 0.1) is 10.6 Å².